The standard InChI is InChI=1S/C21H25N3O7/c1-23-17(27)21(18(28)24(2)19(23)29)13(15(25)30-3)14(16(26)31-21)22-20-7-10-4-11(8-20)6-12(5-10)9-20/h10-12,22H,4-9H2,1-3H3. The number of methoxy groups -OCH3 is 1. The van der Waals surface area contributed by atoms with Crippen LogP contribution in [0.15, 0.2) is 11.3 Å². The molecular weight excluding hydrogens is 406 g/mol. The Morgan fingerprint density at radius 1 is 0.968 bits per heavy atom. The van der Waals surface area contributed by atoms with Gasteiger partial charge in [0, 0.05) is 19.6 Å². The molecule has 1 N–H and O–H groups in total. The van der Waals surface area contributed by atoms with Gasteiger partial charge in [-0.25, -0.2) is 14.4 Å². The van der Waals surface area contributed by atoms with E-state index in [0.29, 0.717) is 27.6 Å². The molecule has 1 saturated heterocycles. The molecule has 0 aromatic carbocycles. The number of likely N-dealkylation sites (N-methyl/N-ethyl adjacent to an activating group) is 2. The molecule has 4 amide bonds. The van der Waals surface area contributed by atoms with Gasteiger partial charge >= 0.3 is 23.6 Å². The first kappa shape index (κ1) is 20.0. The Labute approximate surface area is 178 Å². The number of carbonyl (C=O) groups excluding carboxylic acids is 5. The third kappa shape index (κ3) is 2.53. The molecule has 0 atom stereocenters. The van der Waals surface area contributed by atoms with Crippen LogP contribution in [0.4, 0.5) is 4.79 Å². The predicted octanol–water partition coefficient (Wildman–Crippen LogP) is 0.318. The minimum atomic E-state index is -2.56. The lowest BCUT2D eigenvalue weighted by molar-refractivity contribution is -0.176. The molecule has 1 spiro atoms. The first-order valence-corrected chi connectivity index (χ1v) is 10.6. The summed E-state index contributed by atoms with van der Waals surface area (Å²) in [6.07, 6.45) is 6.10. The van der Waals surface area contributed by atoms with Gasteiger partial charge in [0.05, 0.1) is 7.11 Å². The van der Waals surface area contributed by atoms with Gasteiger partial charge in [-0.05, 0) is 56.3 Å². The topological polar surface area (TPSA) is 122 Å². The normalized spacial score (nSPS) is 35.9. The average molecular weight is 431 g/mol. The molecule has 4 bridgehead atoms. The number of nitrogens with zero attached hydrogens (tertiary/aromatic N) is 2. The largest absolute Gasteiger partial charge is 0.465 e. The van der Waals surface area contributed by atoms with Crippen LogP contribution in [-0.2, 0) is 28.7 Å². The fraction of sp³-hybridized carbons (Fsp3) is 0.667. The minimum absolute atomic E-state index is 0.202. The quantitative estimate of drug-likeness (QED) is 0.501. The summed E-state index contributed by atoms with van der Waals surface area (Å²) < 4.78 is 10.2. The Bertz CT molecular complexity index is 909. The lowest BCUT2D eigenvalue weighted by Gasteiger charge is -2.57. The van der Waals surface area contributed by atoms with Crippen molar-refractivity contribution < 1.29 is 33.4 Å². The minimum Gasteiger partial charge on any atom is -0.465 e. The fourth-order valence-electron chi connectivity index (χ4n) is 6.77. The van der Waals surface area contributed by atoms with Crippen molar-refractivity contribution in [3.8, 4) is 0 Å². The van der Waals surface area contributed by atoms with E-state index >= 15 is 0 Å². The number of rotatable bonds is 3. The maximum atomic E-state index is 13.1. The van der Waals surface area contributed by atoms with Crippen LogP contribution < -0.4 is 5.32 Å². The molecule has 10 heteroatoms. The van der Waals surface area contributed by atoms with Gasteiger partial charge in [-0.2, -0.15) is 0 Å². The van der Waals surface area contributed by atoms with Crippen molar-refractivity contribution >= 4 is 29.8 Å². The molecule has 0 radical (unpaired) electrons. The number of carbonyl (C=O) groups is 5. The van der Waals surface area contributed by atoms with Gasteiger partial charge in [0.25, 0.3) is 11.8 Å². The molecule has 6 rings (SSSR count). The van der Waals surface area contributed by atoms with Gasteiger partial charge in [0.2, 0.25) is 0 Å². The van der Waals surface area contributed by atoms with E-state index < -0.39 is 41.0 Å². The first-order chi connectivity index (χ1) is 14.6. The van der Waals surface area contributed by atoms with E-state index in [4.69, 9.17) is 9.47 Å². The summed E-state index contributed by atoms with van der Waals surface area (Å²) in [4.78, 5) is 65.6. The highest BCUT2D eigenvalue weighted by Crippen LogP contribution is 2.56. The average Bonchev–Trinajstić information content (AvgIpc) is 3.00. The van der Waals surface area contributed by atoms with Gasteiger partial charge in [0.15, 0.2) is 0 Å². The molecule has 5 fully saturated rings. The molecule has 0 aromatic heterocycles. The maximum Gasteiger partial charge on any atom is 0.357 e. The van der Waals surface area contributed by atoms with E-state index in [-0.39, 0.29) is 11.2 Å². The van der Waals surface area contributed by atoms with Crippen LogP contribution >= 0.6 is 0 Å². The van der Waals surface area contributed by atoms with Crippen LogP contribution in [0.25, 0.3) is 0 Å². The molecular formula is C21H25N3O7. The van der Waals surface area contributed by atoms with Crippen LogP contribution in [0.1, 0.15) is 38.5 Å². The lowest BCUT2D eigenvalue weighted by atomic mass is 9.53. The third-order valence-corrected chi connectivity index (χ3v) is 7.66. The van der Waals surface area contributed by atoms with Crippen LogP contribution in [0.3, 0.4) is 0 Å². The highest BCUT2D eigenvalue weighted by Gasteiger charge is 2.68. The second-order valence-electron chi connectivity index (χ2n) is 9.65. The smallest absolute Gasteiger partial charge is 0.357 e. The van der Waals surface area contributed by atoms with Crippen LogP contribution in [-0.4, -0.2) is 71.9 Å². The van der Waals surface area contributed by atoms with E-state index in [9.17, 15) is 24.0 Å². The van der Waals surface area contributed by atoms with E-state index in [1.807, 2.05) is 0 Å². The van der Waals surface area contributed by atoms with Crippen molar-refractivity contribution in [2.45, 2.75) is 49.7 Å². The Morgan fingerprint density at radius 3 is 1.90 bits per heavy atom. The van der Waals surface area contributed by atoms with Gasteiger partial charge in [-0.3, -0.25) is 19.4 Å². The zero-order valence-corrected chi connectivity index (χ0v) is 17.7. The summed E-state index contributed by atoms with van der Waals surface area (Å²) >= 11 is 0. The number of ether oxygens (including phenoxy) is 2. The number of hydrogen-bond acceptors (Lipinski definition) is 8. The summed E-state index contributed by atoms with van der Waals surface area (Å²) in [7, 11) is 3.44. The fourth-order valence-corrected chi connectivity index (χ4v) is 6.77. The Hall–Kier alpha value is -2.91. The zero-order chi connectivity index (χ0) is 22.3. The monoisotopic (exact) mass is 431 g/mol. The first-order valence-electron chi connectivity index (χ1n) is 10.6. The number of imide groups is 2. The van der Waals surface area contributed by atoms with Crippen molar-refractivity contribution in [1.29, 1.82) is 0 Å². The van der Waals surface area contributed by atoms with Crippen molar-refractivity contribution in [1.82, 2.24) is 15.1 Å². The Kier molecular flexibility index (Phi) is 4.07. The molecule has 2 aliphatic heterocycles. The number of amides is 4. The van der Waals surface area contributed by atoms with Crippen LogP contribution in [0.2, 0.25) is 0 Å². The van der Waals surface area contributed by atoms with Crippen molar-refractivity contribution in [2.24, 2.45) is 17.8 Å². The highest BCUT2D eigenvalue weighted by molar-refractivity contribution is 6.30. The van der Waals surface area contributed by atoms with E-state index in [0.717, 1.165) is 26.4 Å². The van der Waals surface area contributed by atoms with Gasteiger partial charge in [-0.15, -0.1) is 0 Å². The molecule has 2 heterocycles. The van der Waals surface area contributed by atoms with E-state index in [2.05, 4.69) is 5.32 Å². The Morgan fingerprint density at radius 2 is 1.45 bits per heavy atom. The van der Waals surface area contributed by atoms with Crippen molar-refractivity contribution in [2.75, 3.05) is 21.2 Å². The predicted molar refractivity (Wildman–Crippen MR) is 103 cm³/mol. The third-order valence-electron chi connectivity index (χ3n) is 7.66. The number of urea groups is 1. The van der Waals surface area contributed by atoms with Crippen molar-refractivity contribution in [3.05, 3.63) is 11.3 Å². The molecule has 166 valence electrons. The molecule has 0 aromatic rings. The Balaban J connectivity index is 1.62. The van der Waals surface area contributed by atoms with Crippen molar-refractivity contribution in [3.63, 3.8) is 0 Å². The maximum absolute atomic E-state index is 13.1. The number of nitrogens with one attached hydrogen (secondary N) is 1. The second-order valence-corrected chi connectivity index (χ2v) is 9.65. The van der Waals surface area contributed by atoms with Gasteiger partial charge in [-0.1, -0.05) is 0 Å². The van der Waals surface area contributed by atoms with E-state index in [1.165, 1.54) is 33.4 Å². The number of hydrogen-bond donors (Lipinski definition) is 1. The van der Waals surface area contributed by atoms with Gasteiger partial charge < -0.3 is 14.8 Å². The molecule has 10 nitrogen and oxygen atoms in total. The number of esters is 2. The summed E-state index contributed by atoms with van der Waals surface area (Å²) in [6.45, 7) is 0. The molecule has 31 heavy (non-hydrogen) atoms. The van der Waals surface area contributed by atoms with Gasteiger partial charge in [0.1, 0.15) is 11.3 Å². The molecule has 6 aliphatic rings. The molecule has 4 aliphatic carbocycles. The summed E-state index contributed by atoms with van der Waals surface area (Å²) in [5.74, 6) is -2.49. The summed E-state index contributed by atoms with van der Waals surface area (Å²) in [5.41, 5.74) is -3.63. The second kappa shape index (κ2) is 6.30. The molecule has 0 unspecified atom stereocenters. The SMILES string of the molecule is COC(=O)C1=C(NC23CC4CC(CC(C4)C2)C3)C(=O)OC12C(=O)N(C)C(=O)N(C)C2=O. The van der Waals surface area contributed by atoms with Crippen LogP contribution in [0, 0.1) is 17.8 Å². The van der Waals surface area contributed by atoms with Crippen LogP contribution in [0.5, 0.6) is 0 Å². The lowest BCUT2D eigenvalue weighted by Crippen LogP contribution is -2.68. The zero-order valence-electron chi connectivity index (χ0n) is 17.7. The number of barbiturate groups is 1. The highest BCUT2D eigenvalue weighted by atomic mass is 16.6. The molecule has 4 saturated carbocycles. The summed E-state index contributed by atoms with van der Waals surface area (Å²) in [6, 6.07) is -0.872. The summed E-state index contributed by atoms with van der Waals surface area (Å²) in [5, 5.41) is 3.27. The van der Waals surface area contributed by atoms with E-state index in [1.54, 1.807) is 0 Å².